The summed E-state index contributed by atoms with van der Waals surface area (Å²) in [5.41, 5.74) is 16.8. The predicted molar refractivity (Wildman–Crippen MR) is 65.3 cm³/mol. The average Bonchev–Trinajstić information content (AvgIpc) is 2.14. The Bertz CT molecular complexity index is 395. The maximum absolute atomic E-state index is 5.45. The predicted octanol–water partition coefficient (Wildman–Crippen LogP) is 0.537. The zero-order valence-corrected chi connectivity index (χ0v) is 9.61. The molecule has 0 radical (unpaired) electrons. The molecule has 80 valence electrons. The third kappa shape index (κ3) is 4.46. The minimum Gasteiger partial charge on any atom is -0.370 e. The minimum atomic E-state index is -0.0921. The number of nitrogens with zero attached hydrogens (tertiary/aromatic N) is 2. The van der Waals surface area contributed by atoms with Crippen LogP contribution in [0.25, 0.3) is 0 Å². The van der Waals surface area contributed by atoms with Crippen molar-refractivity contribution < 1.29 is 0 Å². The summed E-state index contributed by atoms with van der Waals surface area (Å²) in [6.45, 7) is 0.446. The minimum absolute atomic E-state index is 0.0787. The second-order valence-corrected chi connectivity index (χ2v) is 3.76. The van der Waals surface area contributed by atoms with Gasteiger partial charge in [0.05, 0.1) is 6.54 Å². The molecule has 0 spiro atoms. The van der Waals surface area contributed by atoms with Crippen molar-refractivity contribution in [2.75, 3.05) is 0 Å². The van der Waals surface area contributed by atoms with E-state index in [-0.39, 0.29) is 11.9 Å². The van der Waals surface area contributed by atoms with Crippen LogP contribution in [0.4, 0.5) is 0 Å². The number of benzene rings is 1. The largest absolute Gasteiger partial charge is 0.370 e. The average molecular weight is 270 g/mol. The van der Waals surface area contributed by atoms with Gasteiger partial charge in [-0.3, -0.25) is 0 Å². The Morgan fingerprint density at radius 3 is 2.60 bits per heavy atom. The molecule has 0 saturated heterocycles. The number of aliphatic imine (C=N–C) groups is 2. The Hall–Kier alpha value is -1.56. The van der Waals surface area contributed by atoms with Gasteiger partial charge in [0, 0.05) is 4.47 Å². The van der Waals surface area contributed by atoms with E-state index in [9.17, 15) is 0 Å². The fourth-order valence-corrected chi connectivity index (χ4v) is 1.42. The van der Waals surface area contributed by atoms with E-state index in [4.69, 9.17) is 17.2 Å². The van der Waals surface area contributed by atoms with Gasteiger partial charge in [-0.05, 0) is 17.7 Å². The van der Waals surface area contributed by atoms with Crippen molar-refractivity contribution in [1.29, 1.82) is 0 Å². The molecular weight excluding hydrogens is 258 g/mol. The lowest BCUT2D eigenvalue weighted by molar-refractivity contribution is 1.05. The van der Waals surface area contributed by atoms with Crippen molar-refractivity contribution in [3.05, 3.63) is 34.3 Å². The fourth-order valence-electron chi connectivity index (χ4n) is 0.975. The van der Waals surface area contributed by atoms with Crippen LogP contribution in [0.15, 0.2) is 38.7 Å². The van der Waals surface area contributed by atoms with Gasteiger partial charge in [-0.1, -0.05) is 28.1 Å². The number of guanidine groups is 2. The highest BCUT2D eigenvalue weighted by atomic mass is 79.9. The van der Waals surface area contributed by atoms with Gasteiger partial charge in [-0.2, -0.15) is 4.99 Å². The van der Waals surface area contributed by atoms with Crippen molar-refractivity contribution in [2.45, 2.75) is 6.54 Å². The summed E-state index contributed by atoms with van der Waals surface area (Å²) in [6.07, 6.45) is 0. The van der Waals surface area contributed by atoms with E-state index >= 15 is 0 Å². The number of halogens is 1. The van der Waals surface area contributed by atoms with E-state index < -0.39 is 0 Å². The zero-order chi connectivity index (χ0) is 11.3. The highest BCUT2D eigenvalue weighted by molar-refractivity contribution is 9.10. The smallest absolute Gasteiger partial charge is 0.218 e. The molecule has 0 amide bonds. The van der Waals surface area contributed by atoms with Crippen LogP contribution in [0.1, 0.15) is 5.56 Å². The summed E-state index contributed by atoms with van der Waals surface area (Å²) in [5.74, 6) is -0.0135. The molecule has 0 aliphatic carbocycles. The van der Waals surface area contributed by atoms with Crippen LogP contribution in [-0.2, 0) is 6.54 Å². The first-order valence-corrected chi connectivity index (χ1v) is 5.01. The van der Waals surface area contributed by atoms with E-state index in [0.717, 1.165) is 10.0 Å². The normalized spacial score (nSPS) is 11.1. The quantitative estimate of drug-likeness (QED) is 0.539. The van der Waals surface area contributed by atoms with E-state index in [1.54, 1.807) is 0 Å². The standard InChI is InChI=1S/C9H12BrN5/c10-7-3-1-2-6(4-7)5-14-9(13)15-8(11)12/h1-4H,5H2,(H6,11,12,13,14,15). The lowest BCUT2D eigenvalue weighted by Gasteiger charge is -1.98. The van der Waals surface area contributed by atoms with Crippen LogP contribution < -0.4 is 17.2 Å². The number of hydrogen-bond acceptors (Lipinski definition) is 1. The lowest BCUT2D eigenvalue weighted by Crippen LogP contribution is -2.26. The molecular formula is C9H12BrN5. The van der Waals surface area contributed by atoms with E-state index in [0.29, 0.717) is 6.54 Å². The van der Waals surface area contributed by atoms with Gasteiger partial charge in [-0.25, -0.2) is 4.99 Å². The molecule has 1 rings (SSSR count). The molecule has 1 aromatic carbocycles. The van der Waals surface area contributed by atoms with Crippen LogP contribution in [0, 0.1) is 0 Å². The molecule has 0 saturated carbocycles. The molecule has 0 atom stereocenters. The van der Waals surface area contributed by atoms with Gasteiger partial charge in [0.1, 0.15) is 0 Å². The van der Waals surface area contributed by atoms with Crippen LogP contribution in [0.2, 0.25) is 0 Å². The Morgan fingerprint density at radius 1 is 1.27 bits per heavy atom. The highest BCUT2D eigenvalue weighted by Gasteiger charge is 1.93. The summed E-state index contributed by atoms with van der Waals surface area (Å²) in [7, 11) is 0. The molecule has 0 fully saturated rings. The third-order valence-electron chi connectivity index (χ3n) is 1.56. The van der Waals surface area contributed by atoms with Crippen molar-refractivity contribution in [3.63, 3.8) is 0 Å². The number of hydrogen-bond donors (Lipinski definition) is 3. The molecule has 6 N–H and O–H groups in total. The summed E-state index contributed by atoms with van der Waals surface area (Å²) in [4.78, 5) is 7.60. The zero-order valence-electron chi connectivity index (χ0n) is 8.02. The summed E-state index contributed by atoms with van der Waals surface area (Å²) < 4.78 is 0.996. The van der Waals surface area contributed by atoms with E-state index in [2.05, 4.69) is 25.9 Å². The molecule has 0 aliphatic rings. The number of rotatable bonds is 2. The van der Waals surface area contributed by atoms with Crippen LogP contribution >= 0.6 is 15.9 Å². The van der Waals surface area contributed by atoms with Gasteiger partial charge >= 0.3 is 0 Å². The molecule has 0 bridgehead atoms. The first-order chi connectivity index (χ1) is 7.08. The maximum atomic E-state index is 5.45. The van der Waals surface area contributed by atoms with Crippen LogP contribution in [-0.4, -0.2) is 11.9 Å². The topological polar surface area (TPSA) is 103 Å². The Labute approximate surface area is 96.2 Å². The van der Waals surface area contributed by atoms with E-state index in [1.807, 2.05) is 24.3 Å². The second kappa shape index (κ2) is 5.35. The van der Waals surface area contributed by atoms with Crippen molar-refractivity contribution in [3.8, 4) is 0 Å². The summed E-state index contributed by atoms with van der Waals surface area (Å²) in [5, 5.41) is 0. The maximum Gasteiger partial charge on any atom is 0.218 e. The monoisotopic (exact) mass is 269 g/mol. The van der Waals surface area contributed by atoms with Crippen molar-refractivity contribution >= 4 is 27.8 Å². The Morgan fingerprint density at radius 2 is 2.00 bits per heavy atom. The Kier molecular flexibility index (Phi) is 4.11. The van der Waals surface area contributed by atoms with Crippen LogP contribution in [0.5, 0.6) is 0 Å². The molecule has 0 aliphatic heterocycles. The lowest BCUT2D eigenvalue weighted by atomic mass is 10.2. The first kappa shape index (κ1) is 11.5. The van der Waals surface area contributed by atoms with Gasteiger partial charge in [-0.15, -0.1) is 0 Å². The SMILES string of the molecule is NC(N)=NC(N)=NCc1cccc(Br)c1. The highest BCUT2D eigenvalue weighted by Crippen LogP contribution is 2.12. The third-order valence-corrected chi connectivity index (χ3v) is 2.05. The molecule has 15 heavy (non-hydrogen) atoms. The first-order valence-electron chi connectivity index (χ1n) is 4.22. The van der Waals surface area contributed by atoms with Crippen LogP contribution in [0.3, 0.4) is 0 Å². The van der Waals surface area contributed by atoms with Gasteiger partial charge in [0.25, 0.3) is 0 Å². The summed E-state index contributed by atoms with van der Waals surface area (Å²) >= 11 is 3.36. The van der Waals surface area contributed by atoms with Crippen molar-refractivity contribution in [2.24, 2.45) is 27.2 Å². The van der Waals surface area contributed by atoms with Gasteiger partial charge in [0.15, 0.2) is 5.96 Å². The fraction of sp³-hybridized carbons (Fsp3) is 0.111. The van der Waals surface area contributed by atoms with E-state index in [1.165, 1.54) is 0 Å². The molecule has 1 aromatic rings. The summed E-state index contributed by atoms with van der Waals surface area (Å²) in [6, 6.07) is 7.75. The molecule has 0 heterocycles. The Balaban J connectivity index is 2.68. The molecule has 5 nitrogen and oxygen atoms in total. The van der Waals surface area contributed by atoms with Crippen molar-refractivity contribution in [1.82, 2.24) is 0 Å². The second-order valence-electron chi connectivity index (χ2n) is 2.84. The van der Waals surface area contributed by atoms with Gasteiger partial charge in [0.2, 0.25) is 5.96 Å². The molecule has 0 aromatic heterocycles. The van der Waals surface area contributed by atoms with Gasteiger partial charge < -0.3 is 17.2 Å². The number of nitrogens with two attached hydrogens (primary N) is 3. The molecule has 0 unspecified atom stereocenters. The molecule has 6 heteroatoms.